The molecule has 0 radical (unpaired) electrons. The number of sulfonamides is 1. The first kappa shape index (κ1) is 23.8. The molecule has 1 saturated heterocycles. The van der Waals surface area contributed by atoms with Gasteiger partial charge in [-0.05, 0) is 53.4 Å². The topological polar surface area (TPSA) is 49.4 Å². The Bertz CT molecular complexity index is 1230. The summed E-state index contributed by atoms with van der Waals surface area (Å²) < 4.78 is 66.6. The Morgan fingerprint density at radius 3 is 2.39 bits per heavy atom. The minimum atomic E-state index is -4.60. The number of benzene rings is 3. The third-order valence-corrected chi connectivity index (χ3v) is 7.34. The van der Waals surface area contributed by atoms with Gasteiger partial charge in [-0.1, -0.05) is 54.1 Å². The van der Waals surface area contributed by atoms with Crippen LogP contribution in [0.4, 0.5) is 13.2 Å². The minimum absolute atomic E-state index is 0.365. The van der Waals surface area contributed by atoms with Crippen LogP contribution in [-0.2, 0) is 22.7 Å². The molecular formula is C24H22ClF3N2O2S. The molecule has 4 rings (SSSR count). The fraction of sp³-hybridized carbons (Fsp3) is 0.250. The lowest BCUT2D eigenvalue weighted by Gasteiger charge is -2.17. The summed E-state index contributed by atoms with van der Waals surface area (Å²) >= 11 is 6.06. The molecule has 0 amide bonds. The molecule has 1 aliphatic heterocycles. The number of hydrogen-bond acceptors (Lipinski definition) is 3. The molecule has 0 aromatic heterocycles. The minimum Gasteiger partial charge on any atom is -0.297 e. The van der Waals surface area contributed by atoms with Crippen molar-refractivity contribution in [3.05, 3.63) is 88.9 Å². The lowest BCUT2D eigenvalue weighted by molar-refractivity contribution is -0.137. The molecule has 3 aromatic rings. The average molecular weight is 495 g/mol. The van der Waals surface area contributed by atoms with E-state index in [1.165, 1.54) is 6.07 Å². The van der Waals surface area contributed by atoms with Gasteiger partial charge in [0.1, 0.15) is 0 Å². The molecule has 33 heavy (non-hydrogen) atoms. The van der Waals surface area contributed by atoms with Gasteiger partial charge >= 0.3 is 6.18 Å². The summed E-state index contributed by atoms with van der Waals surface area (Å²) in [5.74, 6) is 0. The van der Waals surface area contributed by atoms with Crippen LogP contribution in [0.15, 0.2) is 77.7 Å². The van der Waals surface area contributed by atoms with Gasteiger partial charge in [-0.2, -0.15) is 13.2 Å². The Hall–Kier alpha value is -2.39. The first-order chi connectivity index (χ1) is 15.6. The summed E-state index contributed by atoms with van der Waals surface area (Å²) in [5, 5.41) is 0.673. The zero-order chi connectivity index (χ0) is 23.6. The molecule has 1 N–H and O–H groups in total. The van der Waals surface area contributed by atoms with Crippen molar-refractivity contribution in [1.82, 2.24) is 9.62 Å². The number of alkyl halides is 3. The maximum absolute atomic E-state index is 12.9. The highest BCUT2D eigenvalue weighted by molar-refractivity contribution is 7.89. The molecule has 174 valence electrons. The van der Waals surface area contributed by atoms with E-state index in [0.29, 0.717) is 37.1 Å². The van der Waals surface area contributed by atoms with E-state index in [0.717, 1.165) is 28.8 Å². The Morgan fingerprint density at radius 2 is 1.70 bits per heavy atom. The highest BCUT2D eigenvalue weighted by Crippen LogP contribution is 2.30. The molecule has 1 fully saturated rings. The van der Waals surface area contributed by atoms with E-state index < -0.39 is 21.8 Å². The van der Waals surface area contributed by atoms with Crippen molar-refractivity contribution in [2.24, 2.45) is 0 Å². The summed E-state index contributed by atoms with van der Waals surface area (Å²) in [4.78, 5) is 1.74. The van der Waals surface area contributed by atoms with E-state index in [9.17, 15) is 21.6 Å². The van der Waals surface area contributed by atoms with Crippen LogP contribution < -0.4 is 4.72 Å². The molecule has 1 aliphatic rings. The van der Waals surface area contributed by atoms with Gasteiger partial charge in [0.2, 0.25) is 10.0 Å². The number of rotatable bonds is 6. The van der Waals surface area contributed by atoms with Crippen LogP contribution in [-0.4, -0.2) is 32.4 Å². The van der Waals surface area contributed by atoms with Crippen molar-refractivity contribution >= 4 is 21.6 Å². The zero-order valence-corrected chi connectivity index (χ0v) is 19.1. The van der Waals surface area contributed by atoms with E-state index in [-0.39, 0.29) is 10.9 Å². The number of hydrogen-bond donors (Lipinski definition) is 1. The van der Waals surface area contributed by atoms with Gasteiger partial charge in [-0.25, -0.2) is 13.1 Å². The van der Waals surface area contributed by atoms with E-state index in [4.69, 9.17) is 11.6 Å². The Morgan fingerprint density at radius 1 is 0.970 bits per heavy atom. The monoisotopic (exact) mass is 494 g/mol. The van der Waals surface area contributed by atoms with Crippen LogP contribution >= 0.6 is 11.6 Å². The van der Waals surface area contributed by atoms with Crippen LogP contribution in [0.25, 0.3) is 11.1 Å². The van der Waals surface area contributed by atoms with Crippen molar-refractivity contribution < 1.29 is 21.6 Å². The molecule has 0 unspecified atom stereocenters. The molecular weight excluding hydrogens is 473 g/mol. The lowest BCUT2D eigenvalue weighted by Crippen LogP contribution is -2.37. The molecule has 9 heteroatoms. The second-order valence-electron chi connectivity index (χ2n) is 8.07. The summed E-state index contributed by atoms with van der Waals surface area (Å²) in [6.45, 7) is 1.82. The quantitative estimate of drug-likeness (QED) is 0.487. The molecule has 0 bridgehead atoms. The SMILES string of the molecule is O=S(=O)(N[C@@H]1CCN(Cc2ccc(-c3cccc(Cl)c3)cc2)C1)c1cccc(C(F)(F)F)c1. The van der Waals surface area contributed by atoms with Gasteiger partial charge in [0.15, 0.2) is 0 Å². The molecule has 1 atom stereocenters. The molecule has 4 nitrogen and oxygen atoms in total. The summed E-state index contributed by atoms with van der Waals surface area (Å²) in [7, 11) is -4.05. The van der Waals surface area contributed by atoms with Crippen molar-refractivity contribution in [3.63, 3.8) is 0 Å². The van der Waals surface area contributed by atoms with Gasteiger partial charge in [0.25, 0.3) is 0 Å². The van der Waals surface area contributed by atoms with Crippen LogP contribution in [0.2, 0.25) is 5.02 Å². The van der Waals surface area contributed by atoms with Crippen molar-refractivity contribution in [1.29, 1.82) is 0 Å². The molecule has 3 aromatic carbocycles. The molecule has 0 spiro atoms. The molecule has 1 heterocycles. The van der Waals surface area contributed by atoms with Gasteiger partial charge in [0.05, 0.1) is 10.5 Å². The second kappa shape index (κ2) is 9.46. The van der Waals surface area contributed by atoms with Crippen molar-refractivity contribution in [2.75, 3.05) is 13.1 Å². The number of nitrogens with zero attached hydrogens (tertiary/aromatic N) is 1. The molecule has 0 aliphatic carbocycles. The summed E-state index contributed by atoms with van der Waals surface area (Å²) in [6.07, 6.45) is -4.02. The smallest absolute Gasteiger partial charge is 0.297 e. The standard InChI is InChI=1S/C24H22ClF3N2O2S/c25-21-5-1-3-19(13-21)18-9-7-17(8-10-18)15-30-12-11-22(16-30)29-33(31,32)23-6-2-4-20(14-23)24(26,27)28/h1-10,13-14,22,29H,11-12,15-16H2/t22-/m1/s1. The van der Waals surface area contributed by atoms with Crippen molar-refractivity contribution in [3.8, 4) is 11.1 Å². The number of likely N-dealkylation sites (tertiary alicyclic amines) is 1. The predicted octanol–water partition coefficient (Wildman–Crippen LogP) is 5.58. The Kier molecular flexibility index (Phi) is 6.81. The van der Waals surface area contributed by atoms with Gasteiger partial charge in [-0.15, -0.1) is 0 Å². The highest BCUT2D eigenvalue weighted by atomic mass is 35.5. The highest BCUT2D eigenvalue weighted by Gasteiger charge is 2.33. The maximum Gasteiger partial charge on any atom is 0.416 e. The van der Waals surface area contributed by atoms with Gasteiger partial charge in [0, 0.05) is 30.7 Å². The third kappa shape index (κ3) is 5.95. The number of nitrogens with one attached hydrogen (secondary N) is 1. The third-order valence-electron chi connectivity index (χ3n) is 5.58. The van der Waals surface area contributed by atoms with Crippen molar-refractivity contribution in [2.45, 2.75) is 30.1 Å². The summed E-state index contributed by atoms with van der Waals surface area (Å²) in [5.41, 5.74) is 2.18. The molecule has 0 saturated carbocycles. The van der Waals surface area contributed by atoms with Crippen LogP contribution in [0.3, 0.4) is 0 Å². The van der Waals surface area contributed by atoms with E-state index in [1.54, 1.807) is 0 Å². The predicted molar refractivity (Wildman–Crippen MR) is 122 cm³/mol. The Balaban J connectivity index is 1.37. The van der Waals surface area contributed by atoms with Crippen LogP contribution in [0.5, 0.6) is 0 Å². The van der Waals surface area contributed by atoms with Gasteiger partial charge < -0.3 is 0 Å². The van der Waals surface area contributed by atoms with E-state index in [2.05, 4.69) is 9.62 Å². The van der Waals surface area contributed by atoms with Gasteiger partial charge in [-0.3, -0.25) is 4.90 Å². The Labute approximate surface area is 196 Å². The fourth-order valence-electron chi connectivity index (χ4n) is 3.93. The first-order valence-corrected chi connectivity index (χ1v) is 12.2. The lowest BCUT2D eigenvalue weighted by atomic mass is 10.0. The van der Waals surface area contributed by atoms with Crippen LogP contribution in [0, 0.1) is 0 Å². The summed E-state index contributed by atoms with van der Waals surface area (Å²) in [6, 6.07) is 19.1. The fourth-order valence-corrected chi connectivity index (χ4v) is 5.43. The van der Waals surface area contributed by atoms with Crippen LogP contribution in [0.1, 0.15) is 17.5 Å². The second-order valence-corrected chi connectivity index (χ2v) is 10.2. The van der Waals surface area contributed by atoms with E-state index in [1.807, 2.05) is 48.5 Å². The normalized spacial score (nSPS) is 17.4. The maximum atomic E-state index is 12.9. The van der Waals surface area contributed by atoms with E-state index >= 15 is 0 Å². The number of halogens is 4. The largest absolute Gasteiger partial charge is 0.416 e. The average Bonchev–Trinajstić information content (AvgIpc) is 3.20. The first-order valence-electron chi connectivity index (χ1n) is 10.4. The zero-order valence-electron chi connectivity index (χ0n) is 17.5.